The first-order valence-corrected chi connectivity index (χ1v) is 11.3. The van der Waals surface area contributed by atoms with Crippen molar-refractivity contribution in [3.05, 3.63) is 87.2 Å². The summed E-state index contributed by atoms with van der Waals surface area (Å²) in [5.41, 5.74) is 5.12. The number of fused-ring (bicyclic) bond motifs is 1. The average molecular weight is 449 g/mol. The first-order valence-electron chi connectivity index (χ1n) is 10.1. The van der Waals surface area contributed by atoms with Crippen LogP contribution in [0, 0.1) is 0 Å². The third-order valence-corrected chi connectivity index (χ3v) is 6.85. The van der Waals surface area contributed by atoms with E-state index in [1.807, 2.05) is 41.7 Å². The minimum Gasteiger partial charge on any atom is -0.367 e. The molecule has 5 rings (SSSR count). The number of benzene rings is 2. The van der Waals surface area contributed by atoms with E-state index in [2.05, 4.69) is 38.9 Å². The Morgan fingerprint density at radius 1 is 1.13 bits per heavy atom. The van der Waals surface area contributed by atoms with E-state index in [-0.39, 0.29) is 5.91 Å². The highest BCUT2D eigenvalue weighted by atomic mass is 35.5. The highest BCUT2D eigenvalue weighted by molar-refractivity contribution is 7.10. The summed E-state index contributed by atoms with van der Waals surface area (Å²) in [5.74, 6) is -0.211. The van der Waals surface area contributed by atoms with Gasteiger partial charge in [-0.25, -0.2) is 0 Å². The van der Waals surface area contributed by atoms with Crippen LogP contribution in [-0.2, 0) is 20.0 Å². The van der Waals surface area contributed by atoms with E-state index >= 15 is 0 Å². The summed E-state index contributed by atoms with van der Waals surface area (Å²) in [6, 6.07) is 17.6. The van der Waals surface area contributed by atoms with Crippen LogP contribution in [0.3, 0.4) is 0 Å². The quantitative estimate of drug-likeness (QED) is 0.441. The molecular weight excluding hydrogens is 428 g/mol. The summed E-state index contributed by atoms with van der Waals surface area (Å²) in [6.07, 6.45) is 2.80. The number of hydrogen-bond donors (Lipinski definition) is 1. The van der Waals surface area contributed by atoms with E-state index < -0.39 is 0 Å². The van der Waals surface area contributed by atoms with Crippen LogP contribution in [0.15, 0.2) is 66.2 Å². The Bertz CT molecular complexity index is 1240. The monoisotopic (exact) mass is 448 g/mol. The molecule has 0 saturated carbocycles. The number of halogens is 1. The second-order valence-corrected chi connectivity index (χ2v) is 8.99. The van der Waals surface area contributed by atoms with E-state index in [4.69, 9.17) is 11.6 Å². The summed E-state index contributed by atoms with van der Waals surface area (Å²) in [6.45, 7) is 1.94. The second-order valence-electron chi connectivity index (χ2n) is 7.59. The van der Waals surface area contributed by atoms with Crippen molar-refractivity contribution in [2.45, 2.75) is 13.0 Å². The molecule has 1 aliphatic rings. The molecule has 0 aliphatic carbocycles. The fraction of sp³-hybridized carbons (Fsp3) is 0.167. The molecule has 0 spiro atoms. The summed E-state index contributed by atoms with van der Waals surface area (Å²) >= 11 is 8.18. The van der Waals surface area contributed by atoms with Crippen molar-refractivity contribution in [2.75, 3.05) is 16.8 Å². The number of thiophene rings is 1. The SMILES string of the molecule is Cn1cc(C(=O)Nc2ccc(N3CCc4sccc4C3)cc2)c(-c2ccccc2Cl)n1. The van der Waals surface area contributed by atoms with Crippen LogP contribution in [0.4, 0.5) is 11.4 Å². The Balaban J connectivity index is 1.33. The molecule has 0 atom stereocenters. The standard InChI is InChI=1S/C24H21ClN4OS/c1-28-15-20(23(27-28)19-4-2-3-5-21(19)25)24(30)26-17-6-8-18(9-7-17)29-12-10-22-16(14-29)11-13-31-22/h2-9,11,13,15H,10,12,14H2,1H3,(H,26,30). The van der Waals surface area contributed by atoms with Crippen LogP contribution in [-0.4, -0.2) is 22.2 Å². The molecule has 1 amide bonds. The van der Waals surface area contributed by atoms with Crippen molar-refractivity contribution in [3.63, 3.8) is 0 Å². The van der Waals surface area contributed by atoms with Gasteiger partial charge in [0.05, 0.1) is 10.6 Å². The predicted molar refractivity (Wildman–Crippen MR) is 127 cm³/mol. The topological polar surface area (TPSA) is 50.2 Å². The van der Waals surface area contributed by atoms with Crippen LogP contribution in [0.1, 0.15) is 20.8 Å². The highest BCUT2D eigenvalue weighted by Crippen LogP contribution is 2.31. The fourth-order valence-electron chi connectivity index (χ4n) is 3.93. The van der Waals surface area contributed by atoms with Gasteiger partial charge in [-0.05, 0) is 53.8 Å². The Morgan fingerprint density at radius 3 is 2.74 bits per heavy atom. The van der Waals surface area contributed by atoms with Gasteiger partial charge in [0, 0.05) is 48.1 Å². The summed E-state index contributed by atoms with van der Waals surface area (Å²) < 4.78 is 1.63. The highest BCUT2D eigenvalue weighted by Gasteiger charge is 2.20. The van der Waals surface area contributed by atoms with Crippen molar-refractivity contribution in [3.8, 4) is 11.3 Å². The summed E-state index contributed by atoms with van der Waals surface area (Å²) in [4.78, 5) is 16.9. The van der Waals surface area contributed by atoms with Crippen LogP contribution in [0.5, 0.6) is 0 Å². The maximum absolute atomic E-state index is 13.0. The minimum atomic E-state index is -0.211. The van der Waals surface area contributed by atoms with Gasteiger partial charge in [0.2, 0.25) is 0 Å². The molecule has 0 radical (unpaired) electrons. The normalized spacial score (nSPS) is 13.2. The van der Waals surface area contributed by atoms with Crippen LogP contribution in [0.25, 0.3) is 11.3 Å². The lowest BCUT2D eigenvalue weighted by Gasteiger charge is -2.29. The molecule has 0 bridgehead atoms. The third kappa shape index (κ3) is 3.96. The number of aryl methyl sites for hydroxylation is 1. The Hall–Kier alpha value is -3.09. The van der Waals surface area contributed by atoms with Gasteiger partial charge in [-0.1, -0.05) is 29.8 Å². The smallest absolute Gasteiger partial charge is 0.259 e. The Labute approximate surface area is 189 Å². The summed E-state index contributed by atoms with van der Waals surface area (Å²) in [7, 11) is 1.80. The van der Waals surface area contributed by atoms with Gasteiger partial charge in [-0.15, -0.1) is 11.3 Å². The van der Waals surface area contributed by atoms with Gasteiger partial charge >= 0.3 is 0 Å². The average Bonchev–Trinajstić information content (AvgIpc) is 3.40. The number of anilines is 2. The number of rotatable bonds is 4. The fourth-order valence-corrected chi connectivity index (χ4v) is 5.04. The molecule has 4 aromatic rings. The van der Waals surface area contributed by atoms with Gasteiger partial charge < -0.3 is 10.2 Å². The molecule has 156 valence electrons. The number of carbonyl (C=O) groups is 1. The van der Waals surface area contributed by atoms with Crippen molar-refractivity contribution in [1.82, 2.24) is 9.78 Å². The lowest BCUT2D eigenvalue weighted by Crippen LogP contribution is -2.29. The molecule has 5 nitrogen and oxygen atoms in total. The molecule has 1 aliphatic heterocycles. The van der Waals surface area contributed by atoms with Crippen LogP contribution in [0.2, 0.25) is 5.02 Å². The van der Waals surface area contributed by atoms with Crippen molar-refractivity contribution in [1.29, 1.82) is 0 Å². The van der Waals surface area contributed by atoms with Crippen molar-refractivity contribution in [2.24, 2.45) is 7.05 Å². The number of hydrogen-bond acceptors (Lipinski definition) is 4. The van der Waals surface area contributed by atoms with Crippen LogP contribution >= 0.6 is 22.9 Å². The first kappa shape index (κ1) is 19.8. The lowest BCUT2D eigenvalue weighted by molar-refractivity contribution is 0.102. The van der Waals surface area contributed by atoms with Crippen molar-refractivity contribution >= 4 is 40.2 Å². The molecular formula is C24H21ClN4OS. The van der Waals surface area contributed by atoms with E-state index in [9.17, 15) is 4.79 Å². The number of amides is 1. The van der Waals surface area contributed by atoms with E-state index in [0.717, 1.165) is 36.4 Å². The number of nitrogens with one attached hydrogen (secondary N) is 1. The zero-order chi connectivity index (χ0) is 21.4. The minimum absolute atomic E-state index is 0.211. The van der Waals surface area contributed by atoms with Gasteiger partial charge in [0.25, 0.3) is 5.91 Å². The summed E-state index contributed by atoms with van der Waals surface area (Å²) in [5, 5.41) is 10.2. The number of carbonyl (C=O) groups excluding carboxylic acids is 1. The maximum Gasteiger partial charge on any atom is 0.259 e. The molecule has 2 aromatic heterocycles. The van der Waals surface area contributed by atoms with Gasteiger partial charge in [-0.3, -0.25) is 9.48 Å². The molecule has 7 heteroatoms. The second kappa shape index (κ2) is 8.21. The first-order chi connectivity index (χ1) is 15.1. The molecule has 2 aromatic carbocycles. The lowest BCUT2D eigenvalue weighted by atomic mass is 10.1. The molecule has 1 N–H and O–H groups in total. The Kier molecular flexibility index (Phi) is 5.26. The largest absolute Gasteiger partial charge is 0.367 e. The number of nitrogens with zero attached hydrogens (tertiary/aromatic N) is 3. The van der Waals surface area contributed by atoms with Crippen molar-refractivity contribution < 1.29 is 4.79 Å². The van der Waals surface area contributed by atoms with Gasteiger partial charge in [0.15, 0.2) is 0 Å². The van der Waals surface area contributed by atoms with Gasteiger partial charge in [0.1, 0.15) is 5.69 Å². The molecule has 0 unspecified atom stereocenters. The molecule has 31 heavy (non-hydrogen) atoms. The van der Waals surface area contributed by atoms with E-state index in [1.165, 1.54) is 10.4 Å². The zero-order valence-electron chi connectivity index (χ0n) is 17.0. The molecule has 3 heterocycles. The third-order valence-electron chi connectivity index (χ3n) is 5.50. The van der Waals surface area contributed by atoms with Gasteiger partial charge in [-0.2, -0.15) is 5.10 Å². The molecule has 0 saturated heterocycles. The predicted octanol–water partition coefficient (Wildman–Crippen LogP) is 5.62. The zero-order valence-corrected chi connectivity index (χ0v) is 18.6. The number of aromatic nitrogens is 2. The van der Waals surface area contributed by atoms with Crippen LogP contribution < -0.4 is 10.2 Å². The molecule has 0 fully saturated rings. The van der Waals surface area contributed by atoms with E-state index in [1.54, 1.807) is 24.0 Å². The maximum atomic E-state index is 13.0. The van der Waals surface area contributed by atoms with E-state index in [0.29, 0.717) is 16.3 Å². The Morgan fingerprint density at radius 2 is 1.94 bits per heavy atom.